The minimum atomic E-state index is 0.365. The van der Waals surface area contributed by atoms with Crippen LogP contribution in [0.5, 0.6) is 0 Å². The predicted octanol–water partition coefficient (Wildman–Crippen LogP) is 1.84. The van der Waals surface area contributed by atoms with E-state index in [9.17, 15) is 0 Å². The summed E-state index contributed by atoms with van der Waals surface area (Å²) in [6.45, 7) is 13.6. The molecule has 1 N–H and O–H groups in total. The zero-order valence-electron chi connectivity index (χ0n) is 6.99. The molecule has 0 aliphatic carbocycles. The molecule has 1 radical (unpaired) electrons. The summed E-state index contributed by atoms with van der Waals surface area (Å²) in [6.07, 6.45) is 0. The van der Waals surface area contributed by atoms with Gasteiger partial charge in [-0.3, -0.25) is 0 Å². The van der Waals surface area contributed by atoms with E-state index in [1.54, 1.807) is 0 Å². The summed E-state index contributed by atoms with van der Waals surface area (Å²) >= 11 is 0. The molecule has 0 aromatic carbocycles. The largest absolute Gasteiger partial charge is 0.314 e. The molecule has 0 aliphatic rings. The van der Waals surface area contributed by atoms with Crippen LogP contribution in [-0.4, -0.2) is 12.6 Å². The van der Waals surface area contributed by atoms with E-state index in [1.807, 2.05) is 0 Å². The monoisotopic (exact) mass is 128 g/mol. The normalized spacial score (nSPS) is 12.7. The first-order valence-corrected chi connectivity index (χ1v) is 3.48. The fraction of sp³-hybridized carbons (Fsp3) is 0.875. The Morgan fingerprint density at radius 1 is 1.44 bits per heavy atom. The van der Waals surface area contributed by atoms with Crippen molar-refractivity contribution in [2.75, 3.05) is 6.54 Å². The van der Waals surface area contributed by atoms with E-state index in [0.29, 0.717) is 11.5 Å². The van der Waals surface area contributed by atoms with Crippen LogP contribution in [0.3, 0.4) is 0 Å². The van der Waals surface area contributed by atoms with Crippen LogP contribution in [0.2, 0.25) is 0 Å². The lowest BCUT2D eigenvalue weighted by Gasteiger charge is -2.20. The Morgan fingerprint density at radius 2 is 1.89 bits per heavy atom. The molecule has 9 heavy (non-hydrogen) atoms. The van der Waals surface area contributed by atoms with Crippen LogP contribution >= 0.6 is 0 Å². The van der Waals surface area contributed by atoms with E-state index in [4.69, 9.17) is 0 Å². The Kier molecular flexibility index (Phi) is 3.20. The lowest BCUT2D eigenvalue weighted by atomic mass is 9.97. The fourth-order valence-electron chi connectivity index (χ4n) is 0.480. The van der Waals surface area contributed by atoms with Gasteiger partial charge in [0.2, 0.25) is 0 Å². The topological polar surface area (TPSA) is 12.0 Å². The average molecular weight is 128 g/mol. The maximum atomic E-state index is 3.83. The molecule has 0 spiro atoms. The van der Waals surface area contributed by atoms with Crippen molar-refractivity contribution < 1.29 is 0 Å². The van der Waals surface area contributed by atoms with Gasteiger partial charge in [0, 0.05) is 12.6 Å². The van der Waals surface area contributed by atoms with Crippen LogP contribution in [0.15, 0.2) is 0 Å². The van der Waals surface area contributed by atoms with Crippen LogP contribution in [0.25, 0.3) is 0 Å². The smallest absolute Gasteiger partial charge is 0.00395 e. The first kappa shape index (κ1) is 8.96. The summed E-state index contributed by atoms with van der Waals surface area (Å²) < 4.78 is 0. The van der Waals surface area contributed by atoms with Gasteiger partial charge in [-0.25, -0.2) is 0 Å². The highest BCUT2D eigenvalue weighted by Gasteiger charge is 2.08. The molecule has 0 amide bonds. The molecule has 0 fully saturated rings. The SMILES string of the molecule is [CH2]C(C)NCC(C)(C)C. The average Bonchev–Trinajstić information content (AvgIpc) is 1.59. The van der Waals surface area contributed by atoms with Gasteiger partial charge in [0.1, 0.15) is 0 Å². The van der Waals surface area contributed by atoms with E-state index in [-0.39, 0.29) is 0 Å². The molecule has 0 rings (SSSR count). The Morgan fingerprint density at radius 3 is 2.00 bits per heavy atom. The Bertz CT molecular complexity index is 69.1. The van der Waals surface area contributed by atoms with Crippen molar-refractivity contribution in [1.82, 2.24) is 5.32 Å². The summed E-state index contributed by atoms with van der Waals surface area (Å²) in [5, 5.41) is 3.27. The molecule has 1 heteroatoms. The lowest BCUT2D eigenvalue weighted by Crippen LogP contribution is -2.32. The minimum absolute atomic E-state index is 0.365. The first-order valence-electron chi connectivity index (χ1n) is 3.48. The Labute approximate surface area is 58.8 Å². The summed E-state index contributed by atoms with van der Waals surface area (Å²) in [5.41, 5.74) is 0.381. The Balaban J connectivity index is 3.28. The molecule has 0 aromatic heterocycles. The van der Waals surface area contributed by atoms with Gasteiger partial charge in [-0.05, 0) is 19.3 Å². The van der Waals surface area contributed by atoms with Gasteiger partial charge in [0.15, 0.2) is 0 Å². The van der Waals surface area contributed by atoms with Crippen molar-refractivity contribution in [2.45, 2.75) is 33.7 Å². The van der Waals surface area contributed by atoms with E-state index >= 15 is 0 Å². The Hall–Kier alpha value is -0.0400. The zero-order chi connectivity index (χ0) is 7.49. The highest BCUT2D eigenvalue weighted by atomic mass is 14.9. The number of hydrogen-bond donors (Lipinski definition) is 1. The van der Waals surface area contributed by atoms with Crippen molar-refractivity contribution in [3.05, 3.63) is 6.92 Å². The molecule has 0 aliphatic heterocycles. The van der Waals surface area contributed by atoms with Crippen LogP contribution in [0, 0.1) is 12.3 Å². The predicted molar refractivity (Wildman–Crippen MR) is 42.3 cm³/mol. The third-order valence-electron chi connectivity index (χ3n) is 0.981. The number of hydrogen-bond acceptors (Lipinski definition) is 1. The van der Waals surface area contributed by atoms with Crippen LogP contribution < -0.4 is 5.32 Å². The second-order valence-electron chi connectivity index (χ2n) is 3.84. The van der Waals surface area contributed by atoms with Crippen LogP contribution in [0.4, 0.5) is 0 Å². The van der Waals surface area contributed by atoms with Gasteiger partial charge in [0.05, 0.1) is 0 Å². The molecule has 0 saturated heterocycles. The van der Waals surface area contributed by atoms with Crippen LogP contribution in [-0.2, 0) is 0 Å². The van der Waals surface area contributed by atoms with Crippen LogP contribution in [0.1, 0.15) is 27.7 Å². The van der Waals surface area contributed by atoms with E-state index < -0.39 is 0 Å². The molecular weight excluding hydrogens is 110 g/mol. The van der Waals surface area contributed by atoms with Crippen molar-refractivity contribution in [3.8, 4) is 0 Å². The maximum Gasteiger partial charge on any atom is 0.00395 e. The summed E-state index contributed by atoms with van der Waals surface area (Å²) in [4.78, 5) is 0. The zero-order valence-corrected chi connectivity index (χ0v) is 6.99. The molecule has 0 saturated carbocycles. The minimum Gasteiger partial charge on any atom is -0.314 e. The van der Waals surface area contributed by atoms with E-state index in [0.717, 1.165) is 6.54 Å². The lowest BCUT2D eigenvalue weighted by molar-refractivity contribution is 0.370. The van der Waals surface area contributed by atoms with Gasteiger partial charge in [0.25, 0.3) is 0 Å². The van der Waals surface area contributed by atoms with E-state index in [2.05, 4.69) is 39.9 Å². The van der Waals surface area contributed by atoms with Crippen molar-refractivity contribution in [1.29, 1.82) is 0 Å². The van der Waals surface area contributed by atoms with Gasteiger partial charge < -0.3 is 5.32 Å². The molecule has 0 heterocycles. The fourth-order valence-corrected chi connectivity index (χ4v) is 0.480. The molecule has 55 valence electrons. The standard InChI is InChI=1S/C8H18N/c1-7(2)9-6-8(3,4)5/h7,9H,1,6H2,2-5H3. The number of rotatable bonds is 2. The van der Waals surface area contributed by atoms with Gasteiger partial charge in [-0.2, -0.15) is 0 Å². The molecular formula is C8H18N. The van der Waals surface area contributed by atoms with E-state index in [1.165, 1.54) is 0 Å². The molecule has 1 nitrogen and oxygen atoms in total. The quantitative estimate of drug-likeness (QED) is 0.598. The second kappa shape index (κ2) is 3.21. The molecule has 1 atom stereocenters. The summed E-state index contributed by atoms with van der Waals surface area (Å²) in [6, 6.07) is 0.365. The first-order chi connectivity index (χ1) is 3.92. The van der Waals surface area contributed by atoms with Gasteiger partial charge in [-0.15, -0.1) is 0 Å². The maximum absolute atomic E-state index is 3.83. The van der Waals surface area contributed by atoms with Crippen molar-refractivity contribution >= 4 is 0 Å². The van der Waals surface area contributed by atoms with Crippen molar-refractivity contribution in [3.63, 3.8) is 0 Å². The second-order valence-corrected chi connectivity index (χ2v) is 3.84. The summed E-state index contributed by atoms with van der Waals surface area (Å²) in [5.74, 6) is 0. The highest BCUT2D eigenvalue weighted by Crippen LogP contribution is 2.10. The highest BCUT2D eigenvalue weighted by molar-refractivity contribution is 4.69. The third-order valence-corrected chi connectivity index (χ3v) is 0.981. The third kappa shape index (κ3) is 7.96. The number of nitrogens with one attached hydrogen (secondary N) is 1. The van der Waals surface area contributed by atoms with Gasteiger partial charge in [-0.1, -0.05) is 20.8 Å². The summed E-state index contributed by atoms with van der Waals surface area (Å²) in [7, 11) is 0. The molecule has 1 unspecified atom stereocenters. The van der Waals surface area contributed by atoms with Crippen molar-refractivity contribution in [2.24, 2.45) is 5.41 Å². The van der Waals surface area contributed by atoms with Gasteiger partial charge >= 0.3 is 0 Å². The molecule has 0 aromatic rings. The molecule has 0 bridgehead atoms.